The number of benzene rings is 1. The van der Waals surface area contributed by atoms with Crippen LogP contribution in [0.5, 0.6) is 5.75 Å². The molecule has 16 heavy (non-hydrogen) atoms. The number of nitrogen functional groups attached to an aromatic ring is 1. The number of nitrogens with zero attached hydrogens (tertiary/aromatic N) is 1. The molecule has 3 nitrogen and oxygen atoms in total. The van der Waals surface area contributed by atoms with E-state index in [1.807, 2.05) is 18.2 Å². The molecule has 0 radical (unpaired) electrons. The largest absolute Gasteiger partial charge is 0.495 e. The van der Waals surface area contributed by atoms with Gasteiger partial charge in [-0.2, -0.15) is 0 Å². The van der Waals surface area contributed by atoms with Crippen LogP contribution in [0.2, 0.25) is 0 Å². The van der Waals surface area contributed by atoms with Crippen LogP contribution in [0.4, 0.5) is 11.4 Å². The number of ether oxygens (including phenoxy) is 1. The molecule has 2 N–H and O–H groups in total. The quantitative estimate of drug-likeness (QED) is 0.792. The first-order valence-electron chi connectivity index (χ1n) is 5.93. The molecule has 3 heteroatoms. The molecular weight excluding hydrogens is 200 g/mol. The Bertz CT molecular complexity index is 359. The summed E-state index contributed by atoms with van der Waals surface area (Å²) in [5.41, 5.74) is 7.74. The standard InChI is InChI=1S/C13H20N2O/c1-3-4-10-8-15(9-10)12-7-11(14)5-6-13(12)16-2/h5-7,10H,3-4,8-9,14H2,1-2H3. The lowest BCUT2D eigenvalue weighted by Gasteiger charge is -2.41. The second kappa shape index (κ2) is 4.64. The van der Waals surface area contributed by atoms with E-state index >= 15 is 0 Å². The summed E-state index contributed by atoms with van der Waals surface area (Å²) in [6, 6.07) is 5.82. The van der Waals surface area contributed by atoms with Gasteiger partial charge in [0, 0.05) is 18.8 Å². The summed E-state index contributed by atoms with van der Waals surface area (Å²) < 4.78 is 5.36. The molecule has 2 rings (SSSR count). The zero-order valence-corrected chi connectivity index (χ0v) is 10.1. The summed E-state index contributed by atoms with van der Waals surface area (Å²) in [6.07, 6.45) is 2.59. The molecule has 1 aromatic rings. The number of hydrogen-bond donors (Lipinski definition) is 1. The summed E-state index contributed by atoms with van der Waals surface area (Å²) >= 11 is 0. The zero-order chi connectivity index (χ0) is 11.5. The second-order valence-electron chi connectivity index (χ2n) is 4.49. The Balaban J connectivity index is 2.07. The van der Waals surface area contributed by atoms with Gasteiger partial charge >= 0.3 is 0 Å². The van der Waals surface area contributed by atoms with E-state index in [1.165, 1.54) is 12.8 Å². The monoisotopic (exact) mass is 220 g/mol. The van der Waals surface area contributed by atoms with Gasteiger partial charge in [0.2, 0.25) is 0 Å². The maximum Gasteiger partial charge on any atom is 0.142 e. The molecule has 1 fully saturated rings. The van der Waals surface area contributed by atoms with E-state index in [-0.39, 0.29) is 0 Å². The van der Waals surface area contributed by atoms with E-state index in [1.54, 1.807) is 7.11 Å². The van der Waals surface area contributed by atoms with Crippen LogP contribution in [0.3, 0.4) is 0 Å². The van der Waals surface area contributed by atoms with Gasteiger partial charge < -0.3 is 15.4 Å². The van der Waals surface area contributed by atoms with Crippen molar-refractivity contribution in [2.75, 3.05) is 30.8 Å². The van der Waals surface area contributed by atoms with E-state index < -0.39 is 0 Å². The average molecular weight is 220 g/mol. The van der Waals surface area contributed by atoms with Crippen LogP contribution in [-0.2, 0) is 0 Å². The minimum atomic E-state index is 0.801. The van der Waals surface area contributed by atoms with Crippen molar-refractivity contribution >= 4 is 11.4 Å². The van der Waals surface area contributed by atoms with E-state index in [0.717, 1.165) is 36.1 Å². The Kier molecular flexibility index (Phi) is 3.22. The van der Waals surface area contributed by atoms with Crippen molar-refractivity contribution in [3.63, 3.8) is 0 Å². The van der Waals surface area contributed by atoms with Gasteiger partial charge in [-0.25, -0.2) is 0 Å². The molecule has 1 saturated heterocycles. The molecule has 0 unspecified atom stereocenters. The maximum absolute atomic E-state index is 5.81. The summed E-state index contributed by atoms with van der Waals surface area (Å²) in [4.78, 5) is 2.34. The van der Waals surface area contributed by atoms with Crippen molar-refractivity contribution in [2.24, 2.45) is 5.92 Å². The molecule has 1 aromatic carbocycles. The highest BCUT2D eigenvalue weighted by Crippen LogP contribution is 2.35. The van der Waals surface area contributed by atoms with Crippen LogP contribution in [0.15, 0.2) is 18.2 Å². The third-order valence-electron chi connectivity index (χ3n) is 3.20. The van der Waals surface area contributed by atoms with Gasteiger partial charge in [0.15, 0.2) is 0 Å². The van der Waals surface area contributed by atoms with Gasteiger partial charge in [-0.15, -0.1) is 0 Å². The normalized spacial score (nSPS) is 16.0. The molecule has 1 aliphatic heterocycles. The first-order chi connectivity index (χ1) is 7.74. The molecule has 0 atom stereocenters. The smallest absolute Gasteiger partial charge is 0.142 e. The third-order valence-corrected chi connectivity index (χ3v) is 3.20. The van der Waals surface area contributed by atoms with E-state index in [0.29, 0.717) is 0 Å². The topological polar surface area (TPSA) is 38.5 Å². The van der Waals surface area contributed by atoms with Crippen molar-refractivity contribution in [3.05, 3.63) is 18.2 Å². The Hall–Kier alpha value is -1.38. The Morgan fingerprint density at radius 2 is 2.19 bits per heavy atom. The van der Waals surface area contributed by atoms with Crippen LogP contribution in [0.1, 0.15) is 19.8 Å². The van der Waals surface area contributed by atoms with Gasteiger partial charge in [0.25, 0.3) is 0 Å². The summed E-state index contributed by atoms with van der Waals surface area (Å²) in [5, 5.41) is 0. The summed E-state index contributed by atoms with van der Waals surface area (Å²) in [5.74, 6) is 1.76. The zero-order valence-electron chi connectivity index (χ0n) is 10.1. The van der Waals surface area contributed by atoms with Crippen LogP contribution >= 0.6 is 0 Å². The molecule has 0 aliphatic carbocycles. The summed E-state index contributed by atoms with van der Waals surface area (Å²) in [7, 11) is 1.71. The first-order valence-corrected chi connectivity index (χ1v) is 5.93. The molecule has 0 spiro atoms. The van der Waals surface area contributed by atoms with Crippen molar-refractivity contribution in [1.82, 2.24) is 0 Å². The van der Waals surface area contributed by atoms with Crippen molar-refractivity contribution < 1.29 is 4.74 Å². The number of anilines is 2. The molecule has 0 aromatic heterocycles. The number of hydrogen-bond acceptors (Lipinski definition) is 3. The van der Waals surface area contributed by atoms with Crippen molar-refractivity contribution in [2.45, 2.75) is 19.8 Å². The highest BCUT2D eigenvalue weighted by molar-refractivity contribution is 5.66. The SMILES string of the molecule is CCCC1CN(c2cc(N)ccc2OC)C1. The van der Waals surface area contributed by atoms with E-state index in [2.05, 4.69) is 11.8 Å². The first kappa shape index (κ1) is 11.1. The predicted molar refractivity (Wildman–Crippen MR) is 68.0 cm³/mol. The van der Waals surface area contributed by atoms with Crippen molar-refractivity contribution in [1.29, 1.82) is 0 Å². The molecule has 0 saturated carbocycles. The Labute approximate surface area is 97.2 Å². The molecule has 1 heterocycles. The fourth-order valence-electron chi connectivity index (χ4n) is 2.31. The van der Waals surface area contributed by atoms with Crippen LogP contribution < -0.4 is 15.4 Å². The Morgan fingerprint density at radius 1 is 1.44 bits per heavy atom. The number of nitrogens with two attached hydrogens (primary N) is 1. The van der Waals surface area contributed by atoms with Gasteiger partial charge in [-0.05, 0) is 30.5 Å². The highest BCUT2D eigenvalue weighted by atomic mass is 16.5. The fraction of sp³-hybridized carbons (Fsp3) is 0.538. The van der Waals surface area contributed by atoms with Gasteiger partial charge in [0.1, 0.15) is 5.75 Å². The van der Waals surface area contributed by atoms with Crippen LogP contribution in [0.25, 0.3) is 0 Å². The van der Waals surface area contributed by atoms with Gasteiger partial charge in [-0.3, -0.25) is 0 Å². The molecule has 0 amide bonds. The average Bonchev–Trinajstić information content (AvgIpc) is 2.23. The maximum atomic E-state index is 5.81. The highest BCUT2D eigenvalue weighted by Gasteiger charge is 2.27. The van der Waals surface area contributed by atoms with Crippen LogP contribution in [-0.4, -0.2) is 20.2 Å². The lowest BCUT2D eigenvalue weighted by Crippen LogP contribution is -2.46. The van der Waals surface area contributed by atoms with Gasteiger partial charge in [-0.1, -0.05) is 13.3 Å². The lowest BCUT2D eigenvalue weighted by atomic mass is 9.94. The minimum Gasteiger partial charge on any atom is -0.495 e. The predicted octanol–water partition coefficient (Wildman–Crippen LogP) is 2.51. The van der Waals surface area contributed by atoms with E-state index in [9.17, 15) is 0 Å². The number of rotatable bonds is 4. The van der Waals surface area contributed by atoms with Crippen LogP contribution in [0, 0.1) is 5.92 Å². The second-order valence-corrected chi connectivity index (χ2v) is 4.49. The Morgan fingerprint density at radius 3 is 2.81 bits per heavy atom. The number of methoxy groups -OCH3 is 1. The van der Waals surface area contributed by atoms with E-state index in [4.69, 9.17) is 10.5 Å². The lowest BCUT2D eigenvalue weighted by molar-refractivity contribution is 0.368. The minimum absolute atomic E-state index is 0.801. The molecule has 1 aliphatic rings. The van der Waals surface area contributed by atoms with Gasteiger partial charge in [0.05, 0.1) is 12.8 Å². The molecule has 0 bridgehead atoms. The summed E-state index contributed by atoms with van der Waals surface area (Å²) in [6.45, 7) is 4.51. The third kappa shape index (κ3) is 2.08. The fourth-order valence-corrected chi connectivity index (χ4v) is 2.31. The molecular formula is C13H20N2O. The van der Waals surface area contributed by atoms with Crippen molar-refractivity contribution in [3.8, 4) is 5.75 Å². The molecule has 88 valence electrons.